The van der Waals surface area contributed by atoms with Crippen LogP contribution in [0.2, 0.25) is 0 Å². The predicted octanol–water partition coefficient (Wildman–Crippen LogP) is 1.18. The summed E-state index contributed by atoms with van der Waals surface area (Å²) in [5.41, 5.74) is 6.00. The Hall–Kier alpha value is -2.77. The fraction of sp³-hybridized carbons (Fsp3) is 0.471. The number of carbonyl (C=O) groups is 2. The van der Waals surface area contributed by atoms with Crippen LogP contribution in [0.15, 0.2) is 28.9 Å². The van der Waals surface area contributed by atoms with E-state index in [0.717, 1.165) is 12.8 Å². The van der Waals surface area contributed by atoms with E-state index in [2.05, 4.69) is 15.1 Å². The summed E-state index contributed by atoms with van der Waals surface area (Å²) in [6, 6.07) is 5.55. The summed E-state index contributed by atoms with van der Waals surface area (Å²) in [6.45, 7) is 2.37. The van der Waals surface area contributed by atoms with E-state index in [1.807, 2.05) is 19.1 Å². The minimum atomic E-state index is -0.346. The highest BCUT2D eigenvalue weighted by Gasteiger charge is 2.31. The fourth-order valence-electron chi connectivity index (χ4n) is 3.00. The Bertz CT molecular complexity index is 746. The molecule has 2 aromatic heterocycles. The highest BCUT2D eigenvalue weighted by atomic mass is 16.5. The summed E-state index contributed by atoms with van der Waals surface area (Å²) >= 11 is 0. The van der Waals surface area contributed by atoms with Gasteiger partial charge in [0.15, 0.2) is 0 Å². The van der Waals surface area contributed by atoms with Gasteiger partial charge in [-0.25, -0.2) is 0 Å². The van der Waals surface area contributed by atoms with E-state index in [9.17, 15) is 9.59 Å². The molecule has 3 heterocycles. The number of aryl methyl sites for hydroxylation is 1. The molecule has 1 aliphatic rings. The molecule has 2 atom stereocenters. The van der Waals surface area contributed by atoms with Gasteiger partial charge in [0.2, 0.25) is 23.5 Å². The molecule has 0 unspecified atom stereocenters. The molecule has 2 N–H and O–H groups in total. The van der Waals surface area contributed by atoms with Gasteiger partial charge in [-0.2, -0.15) is 4.98 Å². The van der Waals surface area contributed by atoms with Crippen molar-refractivity contribution < 1.29 is 14.1 Å². The molecule has 3 rings (SSSR count). The number of nitrogens with two attached hydrogens (primary N) is 1. The second kappa shape index (κ2) is 7.42. The lowest BCUT2D eigenvalue weighted by Crippen LogP contribution is -2.48. The van der Waals surface area contributed by atoms with Crippen LogP contribution < -0.4 is 5.73 Å². The molecule has 0 radical (unpaired) electrons. The number of aromatic nitrogens is 3. The maximum atomic E-state index is 12.5. The van der Waals surface area contributed by atoms with Crippen LogP contribution in [0.25, 0.3) is 11.5 Å². The molecule has 132 valence electrons. The van der Waals surface area contributed by atoms with Crippen LogP contribution in [-0.4, -0.2) is 44.4 Å². The largest absolute Gasteiger partial charge is 0.369 e. The third-order valence-corrected chi connectivity index (χ3v) is 4.52. The Kier molecular flexibility index (Phi) is 5.06. The van der Waals surface area contributed by atoms with Crippen molar-refractivity contribution in [1.29, 1.82) is 0 Å². The maximum absolute atomic E-state index is 12.5. The highest BCUT2D eigenvalue weighted by molar-refractivity contribution is 5.80. The Morgan fingerprint density at radius 3 is 2.92 bits per heavy atom. The van der Waals surface area contributed by atoms with Crippen LogP contribution in [0, 0.1) is 5.92 Å². The first-order chi connectivity index (χ1) is 12.0. The zero-order chi connectivity index (χ0) is 17.8. The summed E-state index contributed by atoms with van der Waals surface area (Å²) < 4.78 is 5.20. The van der Waals surface area contributed by atoms with E-state index >= 15 is 0 Å². The molecule has 1 aliphatic heterocycles. The maximum Gasteiger partial charge on any atom is 0.227 e. The number of nitrogens with zero attached hydrogens (tertiary/aromatic N) is 4. The van der Waals surface area contributed by atoms with Crippen LogP contribution >= 0.6 is 0 Å². The lowest BCUT2D eigenvalue weighted by atomic mass is 9.92. The molecule has 1 saturated heterocycles. The SMILES string of the molecule is C[C@@H]1CC[C@H](C(N)=O)CN1C(=O)CCc1nc(-c2ccccn2)no1. The fourth-order valence-corrected chi connectivity index (χ4v) is 3.00. The number of piperidine rings is 1. The number of pyridine rings is 1. The molecule has 0 saturated carbocycles. The number of hydrogen-bond acceptors (Lipinski definition) is 6. The number of primary amides is 1. The minimum absolute atomic E-state index is 0.0314. The van der Waals surface area contributed by atoms with Gasteiger partial charge in [-0.15, -0.1) is 0 Å². The van der Waals surface area contributed by atoms with Crippen molar-refractivity contribution in [3.63, 3.8) is 0 Å². The molecule has 0 spiro atoms. The Morgan fingerprint density at radius 1 is 1.36 bits per heavy atom. The standard InChI is InChI=1S/C17H21N5O3/c1-11-5-6-12(16(18)24)10-22(11)15(23)8-7-14-20-17(21-25-14)13-4-2-3-9-19-13/h2-4,9,11-12H,5-8,10H2,1H3,(H2,18,24)/t11-,12+/m1/s1. The number of hydrogen-bond donors (Lipinski definition) is 1. The number of amides is 2. The van der Waals surface area contributed by atoms with Crippen LogP contribution in [0.3, 0.4) is 0 Å². The molecule has 0 aromatic carbocycles. The third-order valence-electron chi connectivity index (χ3n) is 4.52. The van der Waals surface area contributed by atoms with Gasteiger partial charge in [-0.3, -0.25) is 14.6 Å². The lowest BCUT2D eigenvalue weighted by Gasteiger charge is -2.37. The van der Waals surface area contributed by atoms with E-state index in [-0.39, 0.29) is 30.2 Å². The molecular weight excluding hydrogens is 322 g/mol. The average Bonchev–Trinajstić information content (AvgIpc) is 3.09. The lowest BCUT2D eigenvalue weighted by molar-refractivity contribution is -0.137. The molecule has 0 aliphatic carbocycles. The van der Waals surface area contributed by atoms with Gasteiger partial charge >= 0.3 is 0 Å². The van der Waals surface area contributed by atoms with Gasteiger partial charge in [0.05, 0.1) is 5.92 Å². The van der Waals surface area contributed by atoms with Gasteiger partial charge in [0.25, 0.3) is 0 Å². The minimum Gasteiger partial charge on any atom is -0.369 e. The van der Waals surface area contributed by atoms with Crippen molar-refractivity contribution in [1.82, 2.24) is 20.0 Å². The second-order valence-corrected chi connectivity index (χ2v) is 6.30. The molecule has 8 nitrogen and oxygen atoms in total. The molecule has 2 amide bonds. The van der Waals surface area contributed by atoms with Crippen LogP contribution in [0.1, 0.15) is 32.1 Å². The van der Waals surface area contributed by atoms with Gasteiger partial charge < -0.3 is 15.2 Å². The van der Waals surface area contributed by atoms with E-state index in [0.29, 0.717) is 30.4 Å². The van der Waals surface area contributed by atoms with Crippen LogP contribution in [0.4, 0.5) is 0 Å². The van der Waals surface area contributed by atoms with Gasteiger partial charge in [-0.1, -0.05) is 11.2 Å². The summed E-state index contributed by atoms with van der Waals surface area (Å²) in [7, 11) is 0. The van der Waals surface area contributed by atoms with Gasteiger partial charge in [0.1, 0.15) is 5.69 Å². The molecule has 25 heavy (non-hydrogen) atoms. The smallest absolute Gasteiger partial charge is 0.227 e. The normalized spacial score (nSPS) is 20.4. The Labute approximate surface area is 145 Å². The van der Waals surface area contributed by atoms with Crippen molar-refractivity contribution in [2.24, 2.45) is 11.7 Å². The van der Waals surface area contributed by atoms with E-state index < -0.39 is 0 Å². The number of carbonyl (C=O) groups excluding carboxylic acids is 2. The molecule has 2 aromatic rings. The summed E-state index contributed by atoms with van der Waals surface area (Å²) in [6.07, 6.45) is 3.77. The molecule has 1 fully saturated rings. The Morgan fingerprint density at radius 2 is 2.20 bits per heavy atom. The van der Waals surface area contributed by atoms with Crippen LogP contribution in [0.5, 0.6) is 0 Å². The quantitative estimate of drug-likeness (QED) is 0.871. The number of rotatable bonds is 5. The summed E-state index contributed by atoms with van der Waals surface area (Å²) in [4.78, 5) is 34.1. The third kappa shape index (κ3) is 4.01. The van der Waals surface area contributed by atoms with Gasteiger partial charge in [-0.05, 0) is 31.9 Å². The van der Waals surface area contributed by atoms with Crippen molar-refractivity contribution in [2.75, 3.05) is 6.54 Å². The first-order valence-electron chi connectivity index (χ1n) is 8.37. The molecular formula is C17H21N5O3. The molecule has 8 heteroatoms. The number of likely N-dealkylation sites (tertiary alicyclic amines) is 1. The van der Waals surface area contributed by atoms with Crippen molar-refractivity contribution >= 4 is 11.8 Å². The average molecular weight is 343 g/mol. The van der Waals surface area contributed by atoms with Crippen molar-refractivity contribution in [2.45, 2.75) is 38.6 Å². The van der Waals surface area contributed by atoms with E-state index in [4.69, 9.17) is 10.3 Å². The second-order valence-electron chi connectivity index (χ2n) is 6.30. The summed E-state index contributed by atoms with van der Waals surface area (Å²) in [5, 5.41) is 3.89. The monoisotopic (exact) mass is 343 g/mol. The first-order valence-corrected chi connectivity index (χ1v) is 8.37. The Balaban J connectivity index is 1.59. The van der Waals surface area contributed by atoms with Crippen LogP contribution in [-0.2, 0) is 16.0 Å². The van der Waals surface area contributed by atoms with E-state index in [1.54, 1.807) is 17.2 Å². The zero-order valence-electron chi connectivity index (χ0n) is 14.1. The van der Waals surface area contributed by atoms with Gasteiger partial charge in [0, 0.05) is 31.6 Å². The topological polar surface area (TPSA) is 115 Å². The zero-order valence-corrected chi connectivity index (χ0v) is 14.1. The van der Waals surface area contributed by atoms with E-state index in [1.165, 1.54) is 0 Å². The highest BCUT2D eigenvalue weighted by Crippen LogP contribution is 2.23. The molecule has 0 bridgehead atoms. The van der Waals surface area contributed by atoms with Crippen molar-refractivity contribution in [3.8, 4) is 11.5 Å². The summed E-state index contributed by atoms with van der Waals surface area (Å²) in [5.74, 6) is 0.158. The first kappa shape index (κ1) is 17.1. The predicted molar refractivity (Wildman–Crippen MR) is 88.9 cm³/mol. The van der Waals surface area contributed by atoms with Crippen molar-refractivity contribution in [3.05, 3.63) is 30.3 Å².